The van der Waals surface area contributed by atoms with Crippen LogP contribution in [-0.2, 0) is 11.3 Å². The minimum absolute atomic E-state index is 0.277. The van der Waals surface area contributed by atoms with Gasteiger partial charge in [-0.1, -0.05) is 6.92 Å². The molecule has 114 valence electrons. The van der Waals surface area contributed by atoms with E-state index < -0.39 is 0 Å². The van der Waals surface area contributed by atoms with Crippen LogP contribution in [0.1, 0.15) is 55.0 Å². The van der Waals surface area contributed by atoms with E-state index in [0.29, 0.717) is 24.9 Å². The van der Waals surface area contributed by atoms with Gasteiger partial charge in [-0.3, -0.25) is 4.68 Å². The van der Waals surface area contributed by atoms with Crippen LogP contribution in [0, 0.1) is 6.92 Å². The van der Waals surface area contributed by atoms with E-state index in [1.165, 1.54) is 0 Å². The van der Waals surface area contributed by atoms with Crippen LogP contribution in [0.25, 0.3) is 0 Å². The zero-order valence-electron chi connectivity index (χ0n) is 13.2. The largest absolute Gasteiger partial charge is 0.461 e. The van der Waals surface area contributed by atoms with Crippen molar-refractivity contribution in [1.82, 2.24) is 14.3 Å². The first-order valence-electron chi connectivity index (χ1n) is 7.43. The Bertz CT molecular complexity index is 613. The van der Waals surface area contributed by atoms with Crippen molar-refractivity contribution < 1.29 is 9.53 Å². The molecule has 0 aliphatic rings. The number of aromatic nitrogens is 3. The summed E-state index contributed by atoms with van der Waals surface area (Å²) in [6, 6.07) is 4.31. The summed E-state index contributed by atoms with van der Waals surface area (Å²) in [5.41, 5.74) is 2.47. The predicted octanol–water partition coefficient (Wildman–Crippen LogP) is 3.19. The quantitative estimate of drug-likeness (QED) is 0.767. The van der Waals surface area contributed by atoms with Crippen molar-refractivity contribution >= 4 is 5.97 Å². The molecule has 1 unspecified atom stereocenters. The summed E-state index contributed by atoms with van der Waals surface area (Å²) in [4.78, 5) is 12.0. The van der Waals surface area contributed by atoms with Crippen LogP contribution >= 0.6 is 0 Å². The van der Waals surface area contributed by atoms with Gasteiger partial charge in [-0.15, -0.1) is 0 Å². The van der Waals surface area contributed by atoms with Gasteiger partial charge in [0.15, 0.2) is 0 Å². The van der Waals surface area contributed by atoms with E-state index in [4.69, 9.17) is 4.74 Å². The highest BCUT2D eigenvalue weighted by Gasteiger charge is 2.16. The summed E-state index contributed by atoms with van der Waals surface area (Å²) in [5.74, 6) is -0.277. The van der Waals surface area contributed by atoms with Gasteiger partial charge in [0.1, 0.15) is 5.69 Å². The maximum atomic E-state index is 12.0. The van der Waals surface area contributed by atoms with Crippen molar-refractivity contribution in [3.63, 3.8) is 0 Å². The summed E-state index contributed by atoms with van der Waals surface area (Å²) in [6.45, 7) is 8.97. The number of rotatable bonds is 6. The number of carbonyl (C=O) groups is 1. The summed E-state index contributed by atoms with van der Waals surface area (Å²) < 4.78 is 8.99. The Balaban J connectivity index is 2.20. The van der Waals surface area contributed by atoms with E-state index in [2.05, 4.69) is 18.9 Å². The molecule has 0 spiro atoms. The highest BCUT2D eigenvalue weighted by Crippen LogP contribution is 2.15. The molecule has 0 radical (unpaired) electrons. The van der Waals surface area contributed by atoms with Gasteiger partial charge in [-0.2, -0.15) is 5.10 Å². The molecule has 5 heteroatoms. The number of nitrogens with zero attached hydrogens (tertiary/aromatic N) is 3. The van der Waals surface area contributed by atoms with E-state index >= 15 is 0 Å². The molecule has 0 aliphatic carbocycles. The van der Waals surface area contributed by atoms with Gasteiger partial charge >= 0.3 is 5.97 Å². The number of esters is 1. The highest BCUT2D eigenvalue weighted by molar-refractivity contribution is 5.89. The van der Waals surface area contributed by atoms with Crippen LogP contribution in [0.4, 0.5) is 0 Å². The monoisotopic (exact) mass is 289 g/mol. The Hall–Kier alpha value is -2.04. The second kappa shape index (κ2) is 6.61. The van der Waals surface area contributed by atoms with Gasteiger partial charge in [0.05, 0.1) is 18.8 Å². The van der Waals surface area contributed by atoms with Crippen molar-refractivity contribution in [2.24, 2.45) is 0 Å². The smallest absolute Gasteiger partial charge is 0.355 e. The Labute approximate surface area is 125 Å². The van der Waals surface area contributed by atoms with E-state index in [-0.39, 0.29) is 5.97 Å². The molecule has 0 saturated carbocycles. The summed E-state index contributed by atoms with van der Waals surface area (Å²) in [5, 5.41) is 4.58. The fourth-order valence-electron chi connectivity index (χ4n) is 2.26. The maximum Gasteiger partial charge on any atom is 0.355 e. The third-order valence-corrected chi connectivity index (χ3v) is 3.67. The van der Waals surface area contributed by atoms with Crippen LogP contribution in [0.15, 0.2) is 24.5 Å². The van der Waals surface area contributed by atoms with Gasteiger partial charge in [-0.05, 0) is 44.9 Å². The fourth-order valence-corrected chi connectivity index (χ4v) is 2.26. The zero-order chi connectivity index (χ0) is 15.4. The van der Waals surface area contributed by atoms with Gasteiger partial charge in [0.2, 0.25) is 0 Å². The molecule has 2 heterocycles. The molecule has 0 bridgehead atoms. The van der Waals surface area contributed by atoms with Crippen molar-refractivity contribution in [1.29, 1.82) is 0 Å². The van der Waals surface area contributed by atoms with Gasteiger partial charge in [-0.25, -0.2) is 4.79 Å². The molecule has 0 fully saturated rings. The lowest BCUT2D eigenvalue weighted by molar-refractivity contribution is 0.0513. The number of hydrogen-bond acceptors (Lipinski definition) is 3. The number of ether oxygens (including phenoxy) is 1. The average Bonchev–Trinajstić information content (AvgIpc) is 3.06. The summed E-state index contributed by atoms with van der Waals surface area (Å²) in [7, 11) is 0. The van der Waals surface area contributed by atoms with Crippen molar-refractivity contribution in [3.8, 4) is 0 Å². The van der Waals surface area contributed by atoms with Crippen LogP contribution in [0.2, 0.25) is 0 Å². The lowest BCUT2D eigenvalue weighted by Gasteiger charge is -2.10. The molecule has 2 aromatic rings. The molecule has 5 nitrogen and oxygen atoms in total. The third-order valence-electron chi connectivity index (χ3n) is 3.67. The molecule has 0 aliphatic heterocycles. The average molecular weight is 289 g/mol. The highest BCUT2D eigenvalue weighted by atomic mass is 16.5. The van der Waals surface area contributed by atoms with Crippen LogP contribution in [-0.4, -0.2) is 26.9 Å². The predicted molar refractivity (Wildman–Crippen MR) is 81.5 cm³/mol. The first-order valence-corrected chi connectivity index (χ1v) is 7.43. The molecular formula is C16H23N3O2. The zero-order valence-corrected chi connectivity index (χ0v) is 13.2. The molecule has 0 aromatic carbocycles. The first kappa shape index (κ1) is 15.4. The van der Waals surface area contributed by atoms with E-state index in [0.717, 1.165) is 17.7 Å². The lowest BCUT2D eigenvalue weighted by atomic mass is 10.2. The van der Waals surface area contributed by atoms with Crippen molar-refractivity contribution in [3.05, 3.63) is 41.5 Å². The molecule has 1 atom stereocenters. The SMILES string of the molecule is CCOC(=O)c1c(C)ccn1Cc1ccn(C(C)CC)n1. The fraction of sp³-hybridized carbons (Fsp3) is 0.500. The Morgan fingerprint density at radius 3 is 2.76 bits per heavy atom. The molecule has 21 heavy (non-hydrogen) atoms. The lowest BCUT2D eigenvalue weighted by Crippen LogP contribution is -2.14. The molecule has 2 rings (SSSR count). The van der Waals surface area contributed by atoms with Crippen LogP contribution in [0.3, 0.4) is 0 Å². The Morgan fingerprint density at radius 1 is 1.33 bits per heavy atom. The molecular weight excluding hydrogens is 266 g/mol. The number of hydrogen-bond donors (Lipinski definition) is 0. The van der Waals surface area contributed by atoms with E-state index in [1.54, 1.807) is 0 Å². The molecule has 0 amide bonds. The van der Waals surface area contributed by atoms with Crippen LogP contribution in [0.5, 0.6) is 0 Å². The van der Waals surface area contributed by atoms with Gasteiger partial charge in [0, 0.05) is 18.4 Å². The summed E-state index contributed by atoms with van der Waals surface area (Å²) in [6.07, 6.45) is 4.94. The molecule has 0 N–H and O–H groups in total. The van der Waals surface area contributed by atoms with E-state index in [1.807, 2.05) is 47.6 Å². The minimum Gasteiger partial charge on any atom is -0.461 e. The Morgan fingerprint density at radius 2 is 2.10 bits per heavy atom. The third kappa shape index (κ3) is 3.35. The first-order chi connectivity index (χ1) is 10.1. The molecule has 2 aromatic heterocycles. The van der Waals surface area contributed by atoms with Gasteiger partial charge < -0.3 is 9.30 Å². The Kier molecular flexibility index (Phi) is 4.83. The standard InChI is InChI=1S/C16H23N3O2/c1-5-13(4)19-10-8-14(17-19)11-18-9-7-12(3)15(18)16(20)21-6-2/h7-10,13H,5-6,11H2,1-4H3. The van der Waals surface area contributed by atoms with Crippen LogP contribution < -0.4 is 0 Å². The second-order valence-corrected chi connectivity index (χ2v) is 5.24. The van der Waals surface area contributed by atoms with Crippen molar-refractivity contribution in [2.75, 3.05) is 6.61 Å². The normalized spacial score (nSPS) is 12.4. The number of aryl methyl sites for hydroxylation is 1. The second-order valence-electron chi connectivity index (χ2n) is 5.24. The summed E-state index contributed by atoms with van der Waals surface area (Å²) >= 11 is 0. The topological polar surface area (TPSA) is 49.0 Å². The number of carbonyl (C=O) groups excluding carboxylic acids is 1. The van der Waals surface area contributed by atoms with E-state index in [9.17, 15) is 4.79 Å². The van der Waals surface area contributed by atoms with Crippen molar-refractivity contribution in [2.45, 2.75) is 46.7 Å². The molecule has 0 saturated heterocycles. The van der Waals surface area contributed by atoms with Gasteiger partial charge in [0.25, 0.3) is 0 Å². The maximum absolute atomic E-state index is 12.0. The minimum atomic E-state index is -0.277.